The Balaban J connectivity index is 2.47. The minimum Gasteiger partial charge on any atom is -0.461 e. The summed E-state index contributed by atoms with van der Waals surface area (Å²) in [4.78, 5) is 11.8. The van der Waals surface area contributed by atoms with Crippen LogP contribution in [0.2, 0.25) is 0 Å². The van der Waals surface area contributed by atoms with Gasteiger partial charge in [0.1, 0.15) is 11.6 Å². The molecule has 2 N–H and O–H groups in total. The number of hydrogen-bond donors (Lipinski definition) is 1. The lowest BCUT2D eigenvalue weighted by Gasteiger charge is -2.33. The summed E-state index contributed by atoms with van der Waals surface area (Å²) in [7, 11) is 0. The van der Waals surface area contributed by atoms with Crippen molar-refractivity contribution in [1.29, 1.82) is 0 Å². The number of carbonyl (C=O) groups excluding carboxylic acids is 1. The smallest absolute Gasteiger partial charge is 0.326 e. The Kier molecular flexibility index (Phi) is 4.36. The Hall–Kier alpha value is -0.570. The fraction of sp³-hybridized carbons (Fsp3) is 0.923. The van der Waals surface area contributed by atoms with E-state index in [9.17, 15) is 4.79 Å². The fourth-order valence-corrected chi connectivity index (χ4v) is 2.04. The first-order valence-corrected chi connectivity index (χ1v) is 6.36. The molecule has 3 heteroatoms. The summed E-state index contributed by atoms with van der Waals surface area (Å²) in [5.41, 5.74) is 5.04. The van der Waals surface area contributed by atoms with E-state index >= 15 is 0 Å². The third-order valence-electron chi connectivity index (χ3n) is 4.02. The van der Waals surface area contributed by atoms with Crippen LogP contribution in [-0.2, 0) is 9.53 Å². The van der Waals surface area contributed by atoms with Crippen molar-refractivity contribution in [3.05, 3.63) is 0 Å². The monoisotopic (exact) mass is 227 g/mol. The lowest BCUT2D eigenvalue weighted by atomic mass is 9.80. The van der Waals surface area contributed by atoms with Crippen molar-refractivity contribution in [2.75, 3.05) is 0 Å². The zero-order chi connectivity index (χ0) is 12.3. The van der Waals surface area contributed by atoms with Crippen molar-refractivity contribution in [3.63, 3.8) is 0 Å². The quantitative estimate of drug-likeness (QED) is 0.754. The van der Waals surface area contributed by atoms with Crippen LogP contribution in [0.4, 0.5) is 0 Å². The van der Waals surface area contributed by atoms with Crippen molar-refractivity contribution >= 4 is 5.97 Å². The Morgan fingerprint density at radius 1 is 1.38 bits per heavy atom. The van der Waals surface area contributed by atoms with Gasteiger partial charge in [-0.15, -0.1) is 0 Å². The molecule has 1 saturated carbocycles. The molecule has 1 aliphatic rings. The van der Waals surface area contributed by atoms with E-state index in [4.69, 9.17) is 10.5 Å². The van der Waals surface area contributed by atoms with Gasteiger partial charge >= 0.3 is 5.97 Å². The van der Waals surface area contributed by atoms with Crippen LogP contribution >= 0.6 is 0 Å². The molecule has 0 bridgehead atoms. The topological polar surface area (TPSA) is 52.3 Å². The third kappa shape index (κ3) is 3.21. The Morgan fingerprint density at radius 3 is 2.50 bits per heavy atom. The normalized spacial score (nSPS) is 34.2. The number of carbonyl (C=O) groups is 1. The molecule has 0 aromatic heterocycles. The van der Waals surface area contributed by atoms with Crippen LogP contribution in [0.25, 0.3) is 0 Å². The molecule has 3 nitrogen and oxygen atoms in total. The number of nitrogens with two attached hydrogens (primary N) is 1. The van der Waals surface area contributed by atoms with E-state index in [1.165, 1.54) is 0 Å². The molecule has 1 fully saturated rings. The third-order valence-corrected chi connectivity index (χ3v) is 4.02. The molecule has 94 valence electrons. The standard InChI is InChI=1S/C13H25NO2/c1-5-13(4,14)12(15)16-11-7-6-9(2)10(3)8-11/h9-11H,5-8,14H2,1-4H3. The van der Waals surface area contributed by atoms with E-state index in [2.05, 4.69) is 13.8 Å². The molecule has 1 aliphatic carbocycles. The van der Waals surface area contributed by atoms with Crippen molar-refractivity contribution in [3.8, 4) is 0 Å². The van der Waals surface area contributed by atoms with E-state index < -0.39 is 5.54 Å². The van der Waals surface area contributed by atoms with Gasteiger partial charge in [0.25, 0.3) is 0 Å². The Bertz CT molecular complexity index is 250. The van der Waals surface area contributed by atoms with Gasteiger partial charge in [0.15, 0.2) is 0 Å². The second-order valence-electron chi connectivity index (χ2n) is 5.57. The van der Waals surface area contributed by atoms with E-state index in [-0.39, 0.29) is 12.1 Å². The number of hydrogen-bond acceptors (Lipinski definition) is 3. The lowest BCUT2D eigenvalue weighted by Crippen LogP contribution is -2.47. The molecular weight excluding hydrogens is 202 g/mol. The zero-order valence-corrected chi connectivity index (χ0v) is 11.0. The maximum Gasteiger partial charge on any atom is 0.326 e. The van der Waals surface area contributed by atoms with Crippen LogP contribution in [0.15, 0.2) is 0 Å². The highest BCUT2D eigenvalue weighted by Gasteiger charge is 2.33. The summed E-state index contributed by atoms with van der Waals surface area (Å²) in [5, 5.41) is 0. The maximum absolute atomic E-state index is 11.8. The van der Waals surface area contributed by atoms with Crippen LogP contribution in [0.3, 0.4) is 0 Å². The summed E-state index contributed by atoms with van der Waals surface area (Å²) in [5.74, 6) is 1.13. The second kappa shape index (κ2) is 5.17. The highest BCUT2D eigenvalue weighted by molar-refractivity contribution is 5.80. The summed E-state index contributed by atoms with van der Waals surface area (Å²) in [6.07, 6.45) is 3.80. The molecule has 0 spiro atoms. The van der Waals surface area contributed by atoms with E-state index in [0.717, 1.165) is 25.2 Å². The average Bonchev–Trinajstić information content (AvgIpc) is 2.23. The molecule has 0 amide bonds. The minimum atomic E-state index is -0.827. The molecule has 0 aromatic carbocycles. The lowest BCUT2D eigenvalue weighted by molar-refractivity contribution is -0.158. The largest absolute Gasteiger partial charge is 0.461 e. The van der Waals surface area contributed by atoms with Gasteiger partial charge in [-0.1, -0.05) is 20.8 Å². The zero-order valence-electron chi connectivity index (χ0n) is 11.0. The van der Waals surface area contributed by atoms with Crippen LogP contribution in [0.5, 0.6) is 0 Å². The predicted octanol–water partition coefficient (Wildman–Crippen LogP) is 2.48. The second-order valence-corrected chi connectivity index (χ2v) is 5.57. The van der Waals surface area contributed by atoms with Gasteiger partial charge in [-0.3, -0.25) is 4.79 Å². The number of esters is 1. The van der Waals surface area contributed by atoms with Crippen LogP contribution in [0.1, 0.15) is 53.4 Å². The van der Waals surface area contributed by atoms with E-state index in [0.29, 0.717) is 12.3 Å². The van der Waals surface area contributed by atoms with Crippen LogP contribution in [0, 0.1) is 11.8 Å². The summed E-state index contributed by atoms with van der Waals surface area (Å²) in [6, 6.07) is 0. The van der Waals surface area contributed by atoms with Gasteiger partial charge in [-0.25, -0.2) is 0 Å². The average molecular weight is 227 g/mol. The van der Waals surface area contributed by atoms with Crippen molar-refractivity contribution in [1.82, 2.24) is 0 Å². The number of ether oxygens (including phenoxy) is 1. The molecule has 4 atom stereocenters. The van der Waals surface area contributed by atoms with E-state index in [1.807, 2.05) is 6.92 Å². The highest BCUT2D eigenvalue weighted by Crippen LogP contribution is 2.31. The SMILES string of the molecule is CCC(C)(N)C(=O)OC1CCC(C)C(C)C1. The van der Waals surface area contributed by atoms with Gasteiger partial charge in [-0.2, -0.15) is 0 Å². The first-order valence-electron chi connectivity index (χ1n) is 6.36. The van der Waals surface area contributed by atoms with Crippen molar-refractivity contribution < 1.29 is 9.53 Å². The molecule has 0 aliphatic heterocycles. The van der Waals surface area contributed by atoms with Gasteiger partial charge in [-0.05, 0) is 44.4 Å². The first kappa shape index (κ1) is 13.5. The Morgan fingerprint density at radius 2 is 2.00 bits per heavy atom. The van der Waals surface area contributed by atoms with Crippen LogP contribution < -0.4 is 5.73 Å². The summed E-state index contributed by atoms with van der Waals surface area (Å²) >= 11 is 0. The van der Waals surface area contributed by atoms with Gasteiger partial charge in [0, 0.05) is 0 Å². The van der Waals surface area contributed by atoms with Gasteiger partial charge < -0.3 is 10.5 Å². The molecule has 16 heavy (non-hydrogen) atoms. The molecule has 0 heterocycles. The molecule has 1 rings (SSSR count). The molecular formula is C13H25NO2. The van der Waals surface area contributed by atoms with Gasteiger partial charge in [0.05, 0.1) is 0 Å². The van der Waals surface area contributed by atoms with E-state index in [1.54, 1.807) is 6.92 Å². The predicted molar refractivity (Wildman–Crippen MR) is 64.9 cm³/mol. The maximum atomic E-state index is 11.8. The number of rotatable bonds is 3. The minimum absolute atomic E-state index is 0.0770. The Labute approximate surface area is 98.7 Å². The summed E-state index contributed by atoms with van der Waals surface area (Å²) in [6.45, 7) is 8.14. The first-order chi connectivity index (χ1) is 7.36. The highest BCUT2D eigenvalue weighted by atomic mass is 16.5. The van der Waals surface area contributed by atoms with Gasteiger partial charge in [0.2, 0.25) is 0 Å². The summed E-state index contributed by atoms with van der Waals surface area (Å²) < 4.78 is 5.50. The molecule has 0 radical (unpaired) electrons. The molecule has 4 unspecified atom stereocenters. The molecule has 0 aromatic rings. The van der Waals surface area contributed by atoms with Crippen molar-refractivity contribution in [2.45, 2.75) is 65.0 Å². The van der Waals surface area contributed by atoms with Crippen LogP contribution in [-0.4, -0.2) is 17.6 Å². The van der Waals surface area contributed by atoms with Crippen molar-refractivity contribution in [2.24, 2.45) is 17.6 Å². The molecule has 0 saturated heterocycles. The fourth-order valence-electron chi connectivity index (χ4n) is 2.04.